The molecule has 0 aliphatic rings. The Morgan fingerprint density at radius 1 is 1.14 bits per heavy atom. The van der Waals surface area contributed by atoms with Crippen molar-refractivity contribution in [2.45, 2.75) is 13.0 Å². The number of anilines is 1. The summed E-state index contributed by atoms with van der Waals surface area (Å²) in [6, 6.07) is 13.5. The SMILES string of the molecule is O=C(Cc1ccc(OC(F)F)cc1)Nc1ccccc1I. The number of amides is 1. The molecule has 2 aromatic carbocycles. The van der Waals surface area contributed by atoms with Gasteiger partial charge in [-0.05, 0) is 52.4 Å². The fourth-order valence-electron chi connectivity index (χ4n) is 1.73. The predicted octanol–water partition coefficient (Wildman–Crippen LogP) is 4.07. The van der Waals surface area contributed by atoms with Gasteiger partial charge in [0.15, 0.2) is 0 Å². The highest BCUT2D eigenvalue weighted by molar-refractivity contribution is 14.1. The van der Waals surface area contributed by atoms with Crippen LogP contribution in [0.15, 0.2) is 48.5 Å². The van der Waals surface area contributed by atoms with Crippen LogP contribution >= 0.6 is 22.6 Å². The van der Waals surface area contributed by atoms with Crippen LogP contribution < -0.4 is 10.1 Å². The van der Waals surface area contributed by atoms with Gasteiger partial charge in [-0.2, -0.15) is 8.78 Å². The fourth-order valence-corrected chi connectivity index (χ4v) is 2.25. The molecule has 0 aromatic heterocycles. The lowest BCUT2D eigenvalue weighted by molar-refractivity contribution is -0.115. The number of para-hydroxylation sites is 1. The summed E-state index contributed by atoms with van der Waals surface area (Å²) in [5, 5.41) is 2.81. The van der Waals surface area contributed by atoms with E-state index in [1.54, 1.807) is 12.1 Å². The van der Waals surface area contributed by atoms with Gasteiger partial charge in [0.05, 0.1) is 12.1 Å². The Labute approximate surface area is 134 Å². The van der Waals surface area contributed by atoms with Crippen molar-refractivity contribution in [3.05, 3.63) is 57.7 Å². The first-order valence-electron chi connectivity index (χ1n) is 6.13. The Bertz CT molecular complexity index is 617. The molecule has 3 nitrogen and oxygen atoms in total. The molecule has 2 aromatic rings. The molecular formula is C15H12F2INO2. The van der Waals surface area contributed by atoms with E-state index in [0.717, 1.165) is 14.8 Å². The average Bonchev–Trinajstić information content (AvgIpc) is 2.43. The molecule has 0 saturated carbocycles. The largest absolute Gasteiger partial charge is 0.435 e. The molecular weight excluding hydrogens is 391 g/mol. The summed E-state index contributed by atoms with van der Waals surface area (Å²) < 4.78 is 29.2. The molecule has 6 heteroatoms. The lowest BCUT2D eigenvalue weighted by atomic mass is 10.1. The normalized spacial score (nSPS) is 10.5. The number of hydrogen-bond donors (Lipinski definition) is 1. The van der Waals surface area contributed by atoms with Crippen molar-refractivity contribution in [3.8, 4) is 5.75 Å². The molecule has 0 fully saturated rings. The lowest BCUT2D eigenvalue weighted by Gasteiger charge is -2.08. The van der Waals surface area contributed by atoms with Crippen molar-refractivity contribution in [1.29, 1.82) is 0 Å². The number of rotatable bonds is 5. The summed E-state index contributed by atoms with van der Waals surface area (Å²) in [5.41, 5.74) is 1.47. The van der Waals surface area contributed by atoms with E-state index in [0.29, 0.717) is 0 Å². The van der Waals surface area contributed by atoms with Crippen LogP contribution in [0.5, 0.6) is 5.75 Å². The molecule has 0 heterocycles. The van der Waals surface area contributed by atoms with Crippen LogP contribution in [0, 0.1) is 3.57 Å². The Morgan fingerprint density at radius 3 is 2.43 bits per heavy atom. The zero-order valence-electron chi connectivity index (χ0n) is 10.9. The molecule has 0 saturated heterocycles. The molecule has 0 radical (unpaired) electrons. The fraction of sp³-hybridized carbons (Fsp3) is 0.133. The molecule has 0 atom stereocenters. The lowest BCUT2D eigenvalue weighted by Crippen LogP contribution is -2.15. The van der Waals surface area contributed by atoms with E-state index in [-0.39, 0.29) is 18.1 Å². The van der Waals surface area contributed by atoms with Gasteiger partial charge in [0.25, 0.3) is 0 Å². The van der Waals surface area contributed by atoms with E-state index < -0.39 is 6.61 Å². The zero-order valence-corrected chi connectivity index (χ0v) is 13.0. The first-order chi connectivity index (χ1) is 10.0. The molecule has 110 valence electrons. The topological polar surface area (TPSA) is 38.3 Å². The molecule has 21 heavy (non-hydrogen) atoms. The maximum Gasteiger partial charge on any atom is 0.387 e. The molecule has 0 aliphatic carbocycles. The van der Waals surface area contributed by atoms with Gasteiger partial charge in [0.2, 0.25) is 5.91 Å². The van der Waals surface area contributed by atoms with Crippen LogP contribution in [0.3, 0.4) is 0 Å². The van der Waals surface area contributed by atoms with Crippen LogP contribution in [0.1, 0.15) is 5.56 Å². The first-order valence-corrected chi connectivity index (χ1v) is 7.20. The quantitative estimate of drug-likeness (QED) is 0.765. The van der Waals surface area contributed by atoms with Crippen LogP contribution in [0.4, 0.5) is 14.5 Å². The maximum absolute atomic E-state index is 12.0. The van der Waals surface area contributed by atoms with Crippen molar-refractivity contribution in [2.24, 2.45) is 0 Å². The predicted molar refractivity (Wildman–Crippen MR) is 84.6 cm³/mol. The summed E-state index contributed by atoms with van der Waals surface area (Å²) in [6.45, 7) is -2.85. The van der Waals surface area contributed by atoms with Crippen LogP contribution in [-0.4, -0.2) is 12.5 Å². The van der Waals surface area contributed by atoms with Crippen LogP contribution in [0.2, 0.25) is 0 Å². The van der Waals surface area contributed by atoms with Gasteiger partial charge >= 0.3 is 6.61 Å². The van der Waals surface area contributed by atoms with Crippen molar-refractivity contribution >= 4 is 34.2 Å². The number of nitrogens with one attached hydrogen (secondary N) is 1. The molecule has 1 amide bonds. The van der Waals surface area contributed by atoms with Crippen LogP contribution in [-0.2, 0) is 11.2 Å². The number of carbonyl (C=O) groups excluding carboxylic acids is 1. The third kappa shape index (κ3) is 4.96. The van der Waals surface area contributed by atoms with Crippen molar-refractivity contribution in [2.75, 3.05) is 5.32 Å². The third-order valence-corrected chi connectivity index (χ3v) is 3.60. The van der Waals surface area contributed by atoms with Crippen LogP contribution in [0.25, 0.3) is 0 Å². The van der Waals surface area contributed by atoms with Crippen molar-refractivity contribution in [1.82, 2.24) is 0 Å². The number of alkyl halides is 2. The highest BCUT2D eigenvalue weighted by Gasteiger charge is 2.08. The number of carbonyl (C=O) groups is 1. The minimum Gasteiger partial charge on any atom is -0.435 e. The van der Waals surface area contributed by atoms with Crippen molar-refractivity contribution in [3.63, 3.8) is 0 Å². The highest BCUT2D eigenvalue weighted by Crippen LogP contribution is 2.18. The molecule has 2 rings (SSSR count). The van der Waals surface area contributed by atoms with E-state index in [1.807, 2.05) is 24.3 Å². The van der Waals surface area contributed by atoms with Gasteiger partial charge < -0.3 is 10.1 Å². The van der Waals surface area contributed by atoms with E-state index in [9.17, 15) is 13.6 Å². The Hall–Kier alpha value is -1.70. The minimum absolute atomic E-state index is 0.0757. The highest BCUT2D eigenvalue weighted by atomic mass is 127. The van der Waals surface area contributed by atoms with Gasteiger partial charge in [0.1, 0.15) is 5.75 Å². The molecule has 1 N–H and O–H groups in total. The summed E-state index contributed by atoms with van der Waals surface area (Å²) in [7, 11) is 0. The molecule has 0 aliphatic heterocycles. The van der Waals surface area contributed by atoms with E-state index in [4.69, 9.17) is 0 Å². The summed E-state index contributed by atoms with van der Waals surface area (Å²) in [5.74, 6) is -0.0894. The summed E-state index contributed by atoms with van der Waals surface area (Å²) in [6.07, 6.45) is 0.167. The zero-order chi connectivity index (χ0) is 15.2. The van der Waals surface area contributed by atoms with Gasteiger partial charge in [-0.1, -0.05) is 24.3 Å². The molecule has 0 unspecified atom stereocenters. The number of hydrogen-bond acceptors (Lipinski definition) is 2. The second-order valence-corrected chi connectivity index (χ2v) is 5.39. The molecule has 0 spiro atoms. The first kappa shape index (κ1) is 15.7. The monoisotopic (exact) mass is 403 g/mol. The maximum atomic E-state index is 12.0. The van der Waals surface area contributed by atoms with Gasteiger partial charge in [-0.25, -0.2) is 0 Å². The summed E-state index contributed by atoms with van der Waals surface area (Å²) >= 11 is 2.14. The van der Waals surface area contributed by atoms with Gasteiger partial charge in [-0.3, -0.25) is 4.79 Å². The van der Waals surface area contributed by atoms with E-state index in [2.05, 4.69) is 32.6 Å². The third-order valence-electron chi connectivity index (χ3n) is 2.66. The van der Waals surface area contributed by atoms with Gasteiger partial charge in [0, 0.05) is 3.57 Å². The van der Waals surface area contributed by atoms with Gasteiger partial charge in [-0.15, -0.1) is 0 Å². The Balaban J connectivity index is 1.95. The summed E-state index contributed by atoms with van der Waals surface area (Å²) in [4.78, 5) is 11.9. The van der Waals surface area contributed by atoms with E-state index in [1.165, 1.54) is 12.1 Å². The minimum atomic E-state index is -2.85. The standard InChI is InChI=1S/C15H12F2INO2/c16-15(17)21-11-7-5-10(6-8-11)9-14(20)19-13-4-2-1-3-12(13)18/h1-8,15H,9H2,(H,19,20). The second-order valence-electron chi connectivity index (χ2n) is 4.23. The number of halogens is 3. The second kappa shape index (κ2) is 7.35. The smallest absolute Gasteiger partial charge is 0.387 e. The average molecular weight is 403 g/mol. The Kier molecular flexibility index (Phi) is 5.49. The van der Waals surface area contributed by atoms with E-state index >= 15 is 0 Å². The number of ether oxygens (including phenoxy) is 1. The number of benzene rings is 2. The van der Waals surface area contributed by atoms with Crippen molar-refractivity contribution < 1.29 is 18.3 Å². The molecule has 0 bridgehead atoms. The Morgan fingerprint density at radius 2 is 1.81 bits per heavy atom.